The molecule has 33 heavy (non-hydrogen) atoms. The summed E-state index contributed by atoms with van der Waals surface area (Å²) < 4.78 is 7.17. The maximum atomic E-state index is 12.8. The predicted octanol–water partition coefficient (Wildman–Crippen LogP) is 5.59. The van der Waals surface area contributed by atoms with Crippen LogP contribution in [0.3, 0.4) is 0 Å². The summed E-state index contributed by atoms with van der Waals surface area (Å²) in [6.07, 6.45) is 0. The van der Waals surface area contributed by atoms with Crippen molar-refractivity contribution in [2.75, 3.05) is 11.9 Å². The molecule has 3 rings (SSSR count). The lowest BCUT2D eigenvalue weighted by atomic mass is 9.92. The zero-order chi connectivity index (χ0) is 24.1. The number of carbonyl (C=O) groups excluding carboxylic acids is 2. The summed E-state index contributed by atoms with van der Waals surface area (Å²) in [4.78, 5) is 25.5. The fourth-order valence-electron chi connectivity index (χ4n) is 3.98. The highest BCUT2D eigenvalue weighted by Crippen LogP contribution is 2.32. The van der Waals surface area contributed by atoms with E-state index in [1.54, 1.807) is 11.6 Å². The molecule has 0 aliphatic carbocycles. The third-order valence-corrected chi connectivity index (χ3v) is 5.73. The molecule has 6 nitrogen and oxygen atoms in total. The normalized spacial score (nSPS) is 11.2. The topological polar surface area (TPSA) is 73.2 Å². The van der Waals surface area contributed by atoms with Crippen LogP contribution in [-0.4, -0.2) is 28.3 Å². The summed E-state index contributed by atoms with van der Waals surface area (Å²) in [5.74, 6) is -0.393. The molecule has 0 saturated carbocycles. The van der Waals surface area contributed by atoms with Crippen molar-refractivity contribution in [2.45, 2.75) is 59.9 Å². The SMILES string of the molecule is Cc1nn(Cc2ccccc2)c(C)c1C(=O)OCC(=O)Nc1c(C(C)C)cccc1C(C)C. The average molecular weight is 448 g/mol. The summed E-state index contributed by atoms with van der Waals surface area (Å²) in [5, 5.41) is 7.48. The summed E-state index contributed by atoms with van der Waals surface area (Å²) in [5.41, 5.74) is 5.74. The van der Waals surface area contributed by atoms with Gasteiger partial charge in [-0.25, -0.2) is 4.79 Å². The van der Waals surface area contributed by atoms with Crippen LogP contribution in [-0.2, 0) is 16.1 Å². The van der Waals surface area contributed by atoms with Crippen LogP contribution in [0, 0.1) is 13.8 Å². The molecule has 0 radical (unpaired) electrons. The van der Waals surface area contributed by atoms with E-state index in [1.807, 2.05) is 55.5 Å². The summed E-state index contributed by atoms with van der Waals surface area (Å²) in [6.45, 7) is 12.2. The summed E-state index contributed by atoms with van der Waals surface area (Å²) >= 11 is 0. The van der Waals surface area contributed by atoms with Gasteiger partial charge in [0.15, 0.2) is 6.61 Å². The molecule has 174 valence electrons. The summed E-state index contributed by atoms with van der Waals surface area (Å²) in [6, 6.07) is 16.0. The van der Waals surface area contributed by atoms with Crippen molar-refractivity contribution < 1.29 is 14.3 Å². The van der Waals surface area contributed by atoms with Gasteiger partial charge in [-0.1, -0.05) is 76.2 Å². The van der Waals surface area contributed by atoms with E-state index in [4.69, 9.17) is 4.74 Å². The lowest BCUT2D eigenvalue weighted by Crippen LogP contribution is -2.23. The minimum absolute atomic E-state index is 0.252. The number of benzene rings is 2. The van der Waals surface area contributed by atoms with Crippen LogP contribution in [0.2, 0.25) is 0 Å². The number of anilines is 1. The van der Waals surface area contributed by atoms with Crippen LogP contribution < -0.4 is 5.32 Å². The molecule has 6 heteroatoms. The van der Waals surface area contributed by atoms with E-state index >= 15 is 0 Å². The fraction of sp³-hybridized carbons (Fsp3) is 0.370. The van der Waals surface area contributed by atoms with Crippen molar-refractivity contribution in [3.8, 4) is 0 Å². The molecule has 0 aliphatic rings. The maximum Gasteiger partial charge on any atom is 0.342 e. The van der Waals surface area contributed by atoms with Gasteiger partial charge in [0.05, 0.1) is 17.9 Å². The van der Waals surface area contributed by atoms with Crippen molar-refractivity contribution in [2.24, 2.45) is 0 Å². The van der Waals surface area contributed by atoms with Gasteiger partial charge >= 0.3 is 5.97 Å². The number of para-hydroxylation sites is 1. The van der Waals surface area contributed by atoms with Gasteiger partial charge in [-0.2, -0.15) is 5.10 Å². The molecule has 2 aromatic carbocycles. The molecule has 0 unspecified atom stereocenters. The minimum atomic E-state index is -0.541. The molecule has 0 saturated heterocycles. The zero-order valence-corrected chi connectivity index (χ0v) is 20.3. The van der Waals surface area contributed by atoms with Crippen LogP contribution in [0.15, 0.2) is 48.5 Å². The largest absolute Gasteiger partial charge is 0.452 e. The van der Waals surface area contributed by atoms with Crippen molar-refractivity contribution in [3.63, 3.8) is 0 Å². The third-order valence-electron chi connectivity index (χ3n) is 5.73. The highest BCUT2D eigenvalue weighted by molar-refractivity contribution is 5.97. The third kappa shape index (κ3) is 5.69. The number of esters is 1. The Bertz CT molecular complexity index is 1100. The molecule has 1 heterocycles. The Labute approximate surface area is 196 Å². The van der Waals surface area contributed by atoms with Gasteiger partial charge in [0.25, 0.3) is 5.91 Å². The van der Waals surface area contributed by atoms with E-state index in [2.05, 4.69) is 38.1 Å². The Hall–Kier alpha value is -3.41. The molecular weight excluding hydrogens is 414 g/mol. The van der Waals surface area contributed by atoms with E-state index < -0.39 is 5.97 Å². The van der Waals surface area contributed by atoms with Gasteiger partial charge in [-0.3, -0.25) is 9.48 Å². The van der Waals surface area contributed by atoms with E-state index in [9.17, 15) is 9.59 Å². The van der Waals surface area contributed by atoms with Gasteiger partial charge in [0.2, 0.25) is 0 Å². The van der Waals surface area contributed by atoms with Gasteiger partial charge in [-0.15, -0.1) is 0 Å². The molecule has 0 spiro atoms. The number of ether oxygens (including phenoxy) is 1. The molecule has 0 atom stereocenters. The van der Waals surface area contributed by atoms with Gasteiger partial charge < -0.3 is 10.1 Å². The first kappa shape index (κ1) is 24.2. The van der Waals surface area contributed by atoms with Crippen LogP contribution in [0.5, 0.6) is 0 Å². The fourth-order valence-corrected chi connectivity index (χ4v) is 3.98. The number of rotatable bonds is 8. The van der Waals surface area contributed by atoms with Crippen LogP contribution in [0.4, 0.5) is 5.69 Å². The van der Waals surface area contributed by atoms with E-state index in [0.717, 1.165) is 22.4 Å². The van der Waals surface area contributed by atoms with E-state index in [-0.39, 0.29) is 24.3 Å². The van der Waals surface area contributed by atoms with Crippen molar-refractivity contribution in [1.82, 2.24) is 9.78 Å². The second-order valence-corrected chi connectivity index (χ2v) is 8.93. The molecule has 1 aromatic heterocycles. The van der Waals surface area contributed by atoms with Crippen molar-refractivity contribution in [3.05, 3.63) is 82.2 Å². The standard InChI is InChI=1S/C27H33N3O3/c1-17(2)22-13-10-14-23(18(3)4)26(22)28-24(31)16-33-27(32)25-19(5)29-30(20(25)6)15-21-11-8-7-9-12-21/h7-14,17-18H,15-16H2,1-6H3,(H,28,31). The Balaban J connectivity index is 1.70. The Morgan fingerprint density at radius 1 is 0.939 bits per heavy atom. The minimum Gasteiger partial charge on any atom is -0.452 e. The molecule has 0 bridgehead atoms. The predicted molar refractivity (Wildman–Crippen MR) is 131 cm³/mol. The van der Waals surface area contributed by atoms with Crippen molar-refractivity contribution in [1.29, 1.82) is 0 Å². The monoisotopic (exact) mass is 447 g/mol. The molecule has 0 aliphatic heterocycles. The molecule has 0 fully saturated rings. The first-order valence-electron chi connectivity index (χ1n) is 11.4. The Morgan fingerprint density at radius 3 is 2.12 bits per heavy atom. The van der Waals surface area contributed by atoms with Crippen LogP contribution in [0.25, 0.3) is 0 Å². The number of hydrogen-bond donors (Lipinski definition) is 1. The number of nitrogens with zero attached hydrogens (tertiary/aromatic N) is 2. The molecular formula is C27H33N3O3. The lowest BCUT2D eigenvalue weighted by Gasteiger charge is -2.20. The van der Waals surface area contributed by atoms with Crippen molar-refractivity contribution >= 4 is 17.6 Å². The highest BCUT2D eigenvalue weighted by Gasteiger charge is 2.22. The quantitative estimate of drug-likeness (QED) is 0.457. The number of hydrogen-bond acceptors (Lipinski definition) is 4. The number of aryl methyl sites for hydroxylation is 1. The number of carbonyl (C=O) groups is 2. The van der Waals surface area contributed by atoms with Crippen LogP contribution >= 0.6 is 0 Å². The molecule has 1 N–H and O–H groups in total. The number of amides is 1. The lowest BCUT2D eigenvalue weighted by molar-refractivity contribution is -0.119. The van der Waals surface area contributed by atoms with E-state index in [1.165, 1.54) is 0 Å². The average Bonchev–Trinajstić information content (AvgIpc) is 3.05. The molecule has 1 amide bonds. The summed E-state index contributed by atoms with van der Waals surface area (Å²) in [7, 11) is 0. The second kappa shape index (κ2) is 10.5. The van der Waals surface area contributed by atoms with Crippen LogP contribution in [0.1, 0.15) is 78.0 Å². The maximum absolute atomic E-state index is 12.8. The Kier molecular flexibility index (Phi) is 7.69. The van der Waals surface area contributed by atoms with Gasteiger partial charge in [-0.05, 0) is 42.4 Å². The zero-order valence-electron chi connectivity index (χ0n) is 20.3. The smallest absolute Gasteiger partial charge is 0.342 e. The van der Waals surface area contributed by atoms with Gasteiger partial charge in [0.1, 0.15) is 5.56 Å². The van der Waals surface area contributed by atoms with E-state index in [0.29, 0.717) is 23.5 Å². The highest BCUT2D eigenvalue weighted by atomic mass is 16.5. The number of nitrogens with one attached hydrogen (secondary N) is 1. The first-order valence-corrected chi connectivity index (χ1v) is 11.4. The number of aromatic nitrogens is 2. The Morgan fingerprint density at radius 2 is 1.55 bits per heavy atom. The first-order chi connectivity index (χ1) is 15.7. The molecule has 3 aromatic rings. The second-order valence-electron chi connectivity index (χ2n) is 8.93. The van der Waals surface area contributed by atoms with Gasteiger partial charge in [0, 0.05) is 5.69 Å².